The number of benzene rings is 1. The van der Waals surface area contributed by atoms with E-state index in [4.69, 9.17) is 9.84 Å². The molecule has 0 aliphatic carbocycles. The van der Waals surface area contributed by atoms with Gasteiger partial charge < -0.3 is 9.84 Å². The number of hydrogen-bond donors (Lipinski definition) is 1. The Balaban J connectivity index is 2.02. The zero-order valence-electron chi connectivity index (χ0n) is 12.3. The Kier molecular flexibility index (Phi) is 4.73. The summed E-state index contributed by atoms with van der Waals surface area (Å²) >= 11 is 0. The zero-order chi connectivity index (χ0) is 16.1. The number of carboxylic acids is 1. The Morgan fingerprint density at radius 2 is 2.00 bits per heavy atom. The highest BCUT2D eigenvalue weighted by Crippen LogP contribution is 2.15. The van der Waals surface area contributed by atoms with Gasteiger partial charge in [-0.2, -0.15) is 5.10 Å². The molecule has 6 nitrogen and oxygen atoms in total. The molecule has 1 aromatic carbocycles. The largest absolute Gasteiger partial charge is 0.479 e. The Bertz CT molecular complexity index is 701. The SMILES string of the molecule is C[C@@H](Oc1ccc(C(=O)/C=C\c2cnn(C)c2)cc1)C(=O)O. The first-order valence-electron chi connectivity index (χ1n) is 6.66. The van der Waals surface area contributed by atoms with Crippen molar-refractivity contribution < 1.29 is 19.4 Å². The number of aliphatic carboxylic acids is 1. The van der Waals surface area contributed by atoms with Crippen LogP contribution in [0.3, 0.4) is 0 Å². The first kappa shape index (κ1) is 15.5. The van der Waals surface area contributed by atoms with Crippen LogP contribution in [0.5, 0.6) is 5.75 Å². The van der Waals surface area contributed by atoms with E-state index >= 15 is 0 Å². The minimum absolute atomic E-state index is 0.151. The van der Waals surface area contributed by atoms with E-state index < -0.39 is 12.1 Å². The number of ether oxygens (including phenoxy) is 1. The molecule has 0 aliphatic heterocycles. The second-order valence-corrected chi connectivity index (χ2v) is 4.77. The number of carboxylic acid groups (broad SMARTS) is 1. The predicted octanol–water partition coefficient (Wildman–Crippen LogP) is 2.17. The van der Waals surface area contributed by atoms with Gasteiger partial charge >= 0.3 is 5.97 Å². The zero-order valence-corrected chi connectivity index (χ0v) is 12.3. The van der Waals surface area contributed by atoms with Crippen molar-refractivity contribution >= 4 is 17.8 Å². The summed E-state index contributed by atoms with van der Waals surface area (Å²) < 4.78 is 6.86. The van der Waals surface area contributed by atoms with Gasteiger partial charge in [-0.3, -0.25) is 9.48 Å². The van der Waals surface area contributed by atoms with E-state index in [0.717, 1.165) is 5.56 Å². The van der Waals surface area contributed by atoms with Crippen LogP contribution in [0.25, 0.3) is 6.08 Å². The van der Waals surface area contributed by atoms with Crippen molar-refractivity contribution in [2.24, 2.45) is 7.05 Å². The van der Waals surface area contributed by atoms with Gasteiger partial charge in [0.2, 0.25) is 0 Å². The van der Waals surface area contributed by atoms with Crippen LogP contribution < -0.4 is 4.74 Å². The lowest BCUT2D eigenvalue weighted by Gasteiger charge is -2.10. The summed E-state index contributed by atoms with van der Waals surface area (Å²) in [5.41, 5.74) is 1.33. The number of aryl methyl sites for hydroxylation is 1. The molecular formula is C16H16N2O4. The van der Waals surface area contributed by atoms with Crippen molar-refractivity contribution in [1.29, 1.82) is 0 Å². The van der Waals surface area contributed by atoms with Gasteiger partial charge in [0.1, 0.15) is 5.75 Å². The summed E-state index contributed by atoms with van der Waals surface area (Å²) in [7, 11) is 1.80. The molecule has 0 spiro atoms. The molecule has 6 heteroatoms. The highest BCUT2D eigenvalue weighted by molar-refractivity contribution is 6.06. The van der Waals surface area contributed by atoms with Crippen molar-refractivity contribution in [3.05, 3.63) is 53.9 Å². The summed E-state index contributed by atoms with van der Waals surface area (Å²) in [4.78, 5) is 22.7. The summed E-state index contributed by atoms with van der Waals surface area (Å²) in [6, 6.07) is 6.34. The van der Waals surface area contributed by atoms with E-state index in [0.29, 0.717) is 11.3 Å². The van der Waals surface area contributed by atoms with Crippen LogP contribution in [0.4, 0.5) is 0 Å². The normalized spacial score (nSPS) is 12.3. The molecule has 0 saturated carbocycles. The molecule has 0 aliphatic rings. The average molecular weight is 300 g/mol. The molecule has 114 valence electrons. The summed E-state index contributed by atoms with van der Waals surface area (Å²) in [5.74, 6) is -0.788. The minimum Gasteiger partial charge on any atom is -0.479 e. The third-order valence-electron chi connectivity index (χ3n) is 2.95. The number of ketones is 1. The topological polar surface area (TPSA) is 81.4 Å². The van der Waals surface area contributed by atoms with Crippen molar-refractivity contribution in [3.63, 3.8) is 0 Å². The van der Waals surface area contributed by atoms with Gasteiger partial charge in [0.05, 0.1) is 6.20 Å². The van der Waals surface area contributed by atoms with Gasteiger partial charge in [-0.1, -0.05) is 0 Å². The maximum Gasteiger partial charge on any atom is 0.344 e. The van der Waals surface area contributed by atoms with E-state index in [1.54, 1.807) is 54.5 Å². The third-order valence-corrected chi connectivity index (χ3v) is 2.95. The number of carbonyl (C=O) groups is 2. The van der Waals surface area contributed by atoms with Gasteiger partial charge in [-0.25, -0.2) is 4.79 Å². The molecule has 0 bridgehead atoms. The molecule has 2 rings (SSSR count). The highest BCUT2D eigenvalue weighted by atomic mass is 16.5. The number of hydrogen-bond acceptors (Lipinski definition) is 4. The number of rotatable bonds is 6. The molecule has 1 N–H and O–H groups in total. The number of allylic oxidation sites excluding steroid dienone is 1. The Labute approximate surface area is 127 Å². The Morgan fingerprint density at radius 3 is 2.55 bits per heavy atom. The number of aromatic nitrogens is 2. The Hall–Kier alpha value is -2.89. The fourth-order valence-electron chi connectivity index (χ4n) is 1.75. The molecule has 1 atom stereocenters. The predicted molar refractivity (Wildman–Crippen MR) is 80.7 cm³/mol. The third kappa shape index (κ3) is 4.05. The van der Waals surface area contributed by atoms with E-state index in [-0.39, 0.29) is 5.78 Å². The fourth-order valence-corrected chi connectivity index (χ4v) is 1.75. The van der Waals surface area contributed by atoms with Crippen LogP contribution in [0.15, 0.2) is 42.7 Å². The van der Waals surface area contributed by atoms with Crippen molar-refractivity contribution in [1.82, 2.24) is 9.78 Å². The van der Waals surface area contributed by atoms with Gasteiger partial charge in [-0.05, 0) is 43.3 Å². The van der Waals surface area contributed by atoms with Crippen LogP contribution in [-0.4, -0.2) is 32.7 Å². The van der Waals surface area contributed by atoms with Gasteiger partial charge in [0, 0.05) is 24.4 Å². The molecule has 0 saturated heterocycles. The van der Waals surface area contributed by atoms with Crippen LogP contribution in [0, 0.1) is 0 Å². The lowest BCUT2D eigenvalue weighted by Crippen LogP contribution is -2.22. The highest BCUT2D eigenvalue weighted by Gasteiger charge is 2.12. The van der Waals surface area contributed by atoms with Crippen LogP contribution >= 0.6 is 0 Å². The van der Waals surface area contributed by atoms with Gasteiger partial charge in [-0.15, -0.1) is 0 Å². The minimum atomic E-state index is -1.04. The van der Waals surface area contributed by atoms with Crippen molar-refractivity contribution in [2.75, 3.05) is 0 Å². The second kappa shape index (κ2) is 6.71. The first-order chi connectivity index (χ1) is 10.5. The molecule has 0 amide bonds. The van der Waals surface area contributed by atoms with Crippen LogP contribution in [0.1, 0.15) is 22.8 Å². The van der Waals surface area contributed by atoms with Gasteiger partial charge in [0.15, 0.2) is 11.9 Å². The van der Waals surface area contributed by atoms with E-state index in [1.165, 1.54) is 13.0 Å². The van der Waals surface area contributed by atoms with E-state index in [2.05, 4.69) is 5.10 Å². The van der Waals surface area contributed by atoms with Crippen molar-refractivity contribution in [3.8, 4) is 5.75 Å². The van der Waals surface area contributed by atoms with Crippen LogP contribution in [0.2, 0.25) is 0 Å². The monoisotopic (exact) mass is 300 g/mol. The molecular weight excluding hydrogens is 284 g/mol. The maximum absolute atomic E-state index is 12.0. The maximum atomic E-state index is 12.0. The Morgan fingerprint density at radius 1 is 1.32 bits per heavy atom. The van der Waals surface area contributed by atoms with E-state index in [1.807, 2.05) is 0 Å². The van der Waals surface area contributed by atoms with Crippen LogP contribution in [-0.2, 0) is 11.8 Å². The average Bonchev–Trinajstić information content (AvgIpc) is 2.91. The fraction of sp³-hybridized carbons (Fsp3) is 0.188. The number of carbonyl (C=O) groups excluding carboxylic acids is 1. The standard InChI is InChI=1S/C16H16N2O4/c1-11(16(20)21)22-14-6-4-13(5-7-14)15(19)8-3-12-9-17-18(2)10-12/h3-11H,1-2H3,(H,20,21)/b8-3-/t11-/m1/s1. The van der Waals surface area contributed by atoms with Gasteiger partial charge in [0.25, 0.3) is 0 Å². The lowest BCUT2D eigenvalue weighted by atomic mass is 10.1. The lowest BCUT2D eigenvalue weighted by molar-refractivity contribution is -0.144. The smallest absolute Gasteiger partial charge is 0.344 e. The summed E-state index contributed by atoms with van der Waals surface area (Å²) in [5, 5.41) is 12.8. The molecule has 0 fully saturated rings. The molecule has 0 radical (unpaired) electrons. The quantitative estimate of drug-likeness (QED) is 0.653. The van der Waals surface area contributed by atoms with Crippen molar-refractivity contribution in [2.45, 2.75) is 13.0 Å². The molecule has 1 aromatic heterocycles. The molecule has 22 heavy (non-hydrogen) atoms. The second-order valence-electron chi connectivity index (χ2n) is 4.77. The van der Waals surface area contributed by atoms with E-state index in [9.17, 15) is 9.59 Å². The first-order valence-corrected chi connectivity index (χ1v) is 6.66. The molecule has 2 aromatic rings. The number of nitrogens with zero attached hydrogens (tertiary/aromatic N) is 2. The molecule has 1 heterocycles. The summed E-state index contributed by atoms with van der Waals surface area (Å²) in [6.07, 6.45) is 5.67. The molecule has 0 unspecified atom stereocenters. The summed E-state index contributed by atoms with van der Waals surface area (Å²) in [6.45, 7) is 1.44.